The lowest BCUT2D eigenvalue weighted by molar-refractivity contribution is -0.268. The smallest absolute Gasteiger partial charge is 0.415 e. The predicted molar refractivity (Wildman–Crippen MR) is 116 cm³/mol. The molecule has 5 rings (SSSR count). The van der Waals surface area contributed by atoms with Crippen LogP contribution in [0.1, 0.15) is 18.9 Å². The number of amides is 3. The van der Waals surface area contributed by atoms with Crippen LogP contribution in [0.4, 0.5) is 10.5 Å². The zero-order valence-electron chi connectivity index (χ0n) is 17.4. The number of amidine groups is 1. The number of fused-ring (bicyclic) bond motifs is 3. The van der Waals surface area contributed by atoms with Gasteiger partial charge in [0.2, 0.25) is 6.04 Å². The van der Waals surface area contributed by atoms with Crippen molar-refractivity contribution in [1.82, 2.24) is 19.4 Å². The second kappa shape index (κ2) is 6.75. The number of nitrogens with zero attached hydrogens (tertiary/aromatic N) is 5. The molecule has 8 nitrogen and oxygen atoms in total. The van der Waals surface area contributed by atoms with Crippen LogP contribution < -0.4 is 14.7 Å². The van der Waals surface area contributed by atoms with E-state index in [0.29, 0.717) is 18.2 Å². The molecule has 0 bridgehead atoms. The molecule has 3 heterocycles. The highest BCUT2D eigenvalue weighted by molar-refractivity contribution is 6.28. The monoisotopic (exact) mass is 415 g/mol. The van der Waals surface area contributed by atoms with E-state index in [4.69, 9.17) is 4.67 Å². The molecular formula is C23H21N5O3. The fraction of sp³-hybridized carbons (Fsp3) is 0.217. The van der Waals surface area contributed by atoms with Crippen molar-refractivity contribution in [2.75, 3.05) is 19.0 Å². The van der Waals surface area contributed by atoms with Gasteiger partial charge in [-0.1, -0.05) is 49.4 Å². The minimum Gasteiger partial charge on any atom is -0.872 e. The Morgan fingerprint density at radius 3 is 2.29 bits per heavy atom. The van der Waals surface area contributed by atoms with Crippen molar-refractivity contribution in [3.05, 3.63) is 65.9 Å². The number of carbonyl (C=O) groups is 2. The average molecular weight is 415 g/mol. The second-order valence-electron chi connectivity index (χ2n) is 7.63. The van der Waals surface area contributed by atoms with Crippen LogP contribution in [0.3, 0.4) is 0 Å². The molecule has 0 aliphatic carbocycles. The van der Waals surface area contributed by atoms with E-state index in [9.17, 15) is 14.7 Å². The molecular weight excluding hydrogens is 394 g/mol. The first-order chi connectivity index (χ1) is 14.9. The van der Waals surface area contributed by atoms with Crippen LogP contribution in [0, 0.1) is 0 Å². The van der Waals surface area contributed by atoms with Crippen LogP contribution in [0.5, 0.6) is 5.75 Å². The summed E-state index contributed by atoms with van der Waals surface area (Å²) < 4.78 is 4.77. The van der Waals surface area contributed by atoms with Gasteiger partial charge in [0.1, 0.15) is 11.4 Å². The van der Waals surface area contributed by atoms with Gasteiger partial charge in [-0.25, -0.2) is 24.2 Å². The summed E-state index contributed by atoms with van der Waals surface area (Å²) in [6.07, 6.45) is 0.651. The summed E-state index contributed by atoms with van der Waals surface area (Å²) >= 11 is 0. The molecule has 0 saturated carbocycles. The van der Waals surface area contributed by atoms with E-state index in [1.807, 2.05) is 47.1 Å². The topological polar surface area (TPSA) is 84.3 Å². The van der Waals surface area contributed by atoms with E-state index in [0.717, 1.165) is 27.5 Å². The number of hydrogen-bond acceptors (Lipinski definition) is 5. The van der Waals surface area contributed by atoms with Crippen LogP contribution in [-0.2, 0) is 4.79 Å². The number of allylic oxidation sites excluding steroid dienone is 1. The molecule has 0 aromatic heterocycles. The van der Waals surface area contributed by atoms with Crippen molar-refractivity contribution >= 4 is 35.1 Å². The Kier molecular flexibility index (Phi) is 4.13. The van der Waals surface area contributed by atoms with Gasteiger partial charge in [-0.05, 0) is 18.6 Å². The van der Waals surface area contributed by atoms with E-state index in [-0.39, 0.29) is 11.7 Å². The number of urea groups is 1. The van der Waals surface area contributed by atoms with E-state index in [1.54, 1.807) is 19.2 Å². The highest BCUT2D eigenvalue weighted by atomic mass is 16.3. The summed E-state index contributed by atoms with van der Waals surface area (Å²) in [6, 6.07) is 15.3. The van der Waals surface area contributed by atoms with Crippen molar-refractivity contribution < 1.29 is 14.7 Å². The van der Waals surface area contributed by atoms with E-state index in [1.165, 1.54) is 24.1 Å². The summed E-state index contributed by atoms with van der Waals surface area (Å²) in [5.74, 6) is 0.565. The molecule has 1 saturated heterocycles. The number of anilines is 1. The molecule has 1 fully saturated rings. The van der Waals surface area contributed by atoms with Crippen molar-refractivity contribution in [1.29, 1.82) is 0 Å². The van der Waals surface area contributed by atoms with Gasteiger partial charge in [0.15, 0.2) is 0 Å². The molecule has 3 aliphatic rings. The van der Waals surface area contributed by atoms with E-state index >= 15 is 0 Å². The number of imide groups is 1. The Balaban J connectivity index is 1.77. The summed E-state index contributed by atoms with van der Waals surface area (Å²) in [4.78, 5) is 32.1. The van der Waals surface area contributed by atoms with Gasteiger partial charge in [-0.3, -0.25) is 9.69 Å². The fourth-order valence-electron chi connectivity index (χ4n) is 4.38. The zero-order valence-corrected chi connectivity index (χ0v) is 17.4. The lowest BCUT2D eigenvalue weighted by atomic mass is 10.1. The predicted octanol–water partition coefficient (Wildman–Crippen LogP) is 1.39. The maximum absolute atomic E-state index is 13.2. The van der Waals surface area contributed by atoms with E-state index < -0.39 is 12.1 Å². The second-order valence-corrected chi connectivity index (χ2v) is 7.63. The molecule has 3 amide bonds. The number of rotatable bonds is 3. The molecule has 8 heteroatoms. The molecule has 3 aliphatic heterocycles. The molecule has 0 spiro atoms. The van der Waals surface area contributed by atoms with Gasteiger partial charge in [-0.2, -0.15) is 0 Å². The third-order valence-electron chi connectivity index (χ3n) is 5.88. The molecule has 2 aromatic rings. The van der Waals surface area contributed by atoms with Crippen LogP contribution in [0.2, 0.25) is 0 Å². The molecule has 1 atom stereocenters. The Morgan fingerprint density at radius 1 is 0.968 bits per heavy atom. The largest absolute Gasteiger partial charge is 0.872 e. The maximum Gasteiger partial charge on any atom is 0.415 e. The maximum atomic E-state index is 13.2. The Hall–Kier alpha value is -4.03. The highest BCUT2D eigenvalue weighted by Gasteiger charge is 2.60. The Labute approximate surface area is 179 Å². The number of guanidine groups is 1. The number of likely N-dealkylation sites (N-methyl/N-ethyl adjacent to an activating group) is 2. The van der Waals surface area contributed by atoms with E-state index in [2.05, 4.69) is 0 Å². The fourth-order valence-corrected chi connectivity index (χ4v) is 4.38. The quantitative estimate of drug-likeness (QED) is 0.708. The van der Waals surface area contributed by atoms with Gasteiger partial charge in [-0.15, -0.1) is 5.75 Å². The Morgan fingerprint density at radius 2 is 1.65 bits per heavy atom. The third kappa shape index (κ3) is 2.59. The lowest BCUT2D eigenvalue weighted by Crippen LogP contribution is -2.63. The number of benzene rings is 2. The van der Waals surface area contributed by atoms with Crippen molar-refractivity contribution in [2.24, 2.45) is 0 Å². The van der Waals surface area contributed by atoms with Crippen LogP contribution >= 0.6 is 0 Å². The molecule has 0 N–H and O–H groups in total. The van der Waals surface area contributed by atoms with Crippen LogP contribution in [-0.4, -0.2) is 58.6 Å². The summed E-state index contributed by atoms with van der Waals surface area (Å²) in [6.45, 7) is 2.03. The van der Waals surface area contributed by atoms with Crippen molar-refractivity contribution in [3.8, 4) is 5.75 Å². The van der Waals surface area contributed by atoms with Gasteiger partial charge in [0, 0.05) is 12.6 Å². The van der Waals surface area contributed by atoms with Gasteiger partial charge in [0.25, 0.3) is 5.91 Å². The SMILES string of the molecule is CCC1=C(c2ccccc2)N(c2ccc([O-])cc2)C2=[N+]=C3C(C(=O)N(C)C(=O)N3C)N21. The first kappa shape index (κ1) is 19.0. The van der Waals surface area contributed by atoms with Crippen molar-refractivity contribution in [3.63, 3.8) is 0 Å². The first-order valence-corrected chi connectivity index (χ1v) is 10.1. The molecule has 2 aromatic carbocycles. The summed E-state index contributed by atoms with van der Waals surface area (Å²) in [5, 5.41) is 11.7. The highest BCUT2D eigenvalue weighted by Crippen LogP contribution is 2.41. The lowest BCUT2D eigenvalue weighted by Gasteiger charge is -2.31. The first-order valence-electron chi connectivity index (χ1n) is 10.1. The normalized spacial score (nSPS) is 20.3. The number of carbonyl (C=O) groups excluding carboxylic acids is 2. The third-order valence-corrected chi connectivity index (χ3v) is 5.88. The molecule has 0 radical (unpaired) electrons. The minimum atomic E-state index is -0.708. The zero-order chi connectivity index (χ0) is 21.9. The summed E-state index contributed by atoms with van der Waals surface area (Å²) in [5.41, 5.74) is 3.58. The Bertz CT molecular complexity index is 1200. The van der Waals surface area contributed by atoms with Crippen LogP contribution in [0.25, 0.3) is 5.70 Å². The van der Waals surface area contributed by atoms with Gasteiger partial charge >= 0.3 is 17.8 Å². The standard InChI is InChI=1S/C23H21N5O3/c1-4-17-18(14-8-6-5-7-9-14)27(15-10-12-16(29)13-11-15)22-24-20-19(28(17)22)21(30)26(3)23(31)25(20)2/h5-13,19H,4H2,1-3H3. The summed E-state index contributed by atoms with van der Waals surface area (Å²) in [7, 11) is 3.12. The molecule has 1 unspecified atom stereocenters. The van der Waals surface area contributed by atoms with Crippen molar-refractivity contribution in [2.45, 2.75) is 19.4 Å². The number of hydrogen-bond donors (Lipinski definition) is 0. The van der Waals surface area contributed by atoms with Gasteiger partial charge in [0.05, 0.1) is 12.7 Å². The van der Waals surface area contributed by atoms with Crippen LogP contribution in [0.15, 0.2) is 60.3 Å². The molecule has 31 heavy (non-hydrogen) atoms. The van der Waals surface area contributed by atoms with Gasteiger partial charge < -0.3 is 5.11 Å². The minimum absolute atomic E-state index is 0.0840. The molecule has 156 valence electrons. The average Bonchev–Trinajstić information content (AvgIpc) is 3.32.